The number of hydrogen-bond acceptors (Lipinski definition) is 4. The number of carbonyl (C=O) groups is 3. The molecule has 154 valence electrons. The normalized spacial score (nSPS) is 10.5. The van der Waals surface area contributed by atoms with Crippen LogP contribution in [0, 0.1) is 5.92 Å². The smallest absolute Gasteiger partial charge is 0.341 e. The SMILES string of the molecule is CC(C)C(=O)N(C)Cc1ccc(C(=O)N(C)c2ccc(OCC(=O)O)cc2)cc1. The number of anilines is 1. The van der Waals surface area contributed by atoms with E-state index in [1.165, 1.54) is 4.90 Å². The molecule has 7 nitrogen and oxygen atoms in total. The fourth-order valence-corrected chi connectivity index (χ4v) is 2.77. The molecule has 0 atom stereocenters. The van der Waals surface area contributed by atoms with Gasteiger partial charge >= 0.3 is 5.97 Å². The summed E-state index contributed by atoms with van der Waals surface area (Å²) >= 11 is 0. The molecule has 2 rings (SSSR count). The van der Waals surface area contributed by atoms with Crippen molar-refractivity contribution in [3.05, 3.63) is 59.7 Å². The maximum atomic E-state index is 12.7. The van der Waals surface area contributed by atoms with Gasteiger partial charge in [0.2, 0.25) is 5.91 Å². The standard InChI is InChI=1S/C22H26N2O5/c1-15(2)21(27)23(3)13-16-5-7-17(8-6-16)22(28)24(4)18-9-11-19(12-10-18)29-14-20(25)26/h5-12,15H,13-14H2,1-4H3,(H,25,26). The summed E-state index contributed by atoms with van der Waals surface area (Å²) in [5, 5.41) is 8.64. The van der Waals surface area contributed by atoms with Gasteiger partial charge in [0, 0.05) is 37.8 Å². The molecule has 0 radical (unpaired) electrons. The van der Waals surface area contributed by atoms with Crippen molar-refractivity contribution in [1.29, 1.82) is 0 Å². The Balaban J connectivity index is 2.02. The molecule has 7 heteroatoms. The third kappa shape index (κ3) is 6.07. The lowest BCUT2D eigenvalue weighted by Crippen LogP contribution is -2.30. The first-order chi connectivity index (χ1) is 13.7. The molecule has 0 saturated heterocycles. The minimum Gasteiger partial charge on any atom is -0.482 e. The van der Waals surface area contributed by atoms with E-state index in [-0.39, 0.29) is 17.7 Å². The maximum Gasteiger partial charge on any atom is 0.341 e. The van der Waals surface area contributed by atoms with E-state index in [2.05, 4.69) is 0 Å². The summed E-state index contributed by atoms with van der Waals surface area (Å²) in [6.45, 7) is 3.79. The second kappa shape index (κ2) is 9.73. The van der Waals surface area contributed by atoms with Crippen LogP contribution in [0.3, 0.4) is 0 Å². The molecule has 2 aromatic carbocycles. The number of carboxylic acids is 1. The van der Waals surface area contributed by atoms with Crippen LogP contribution in [0.25, 0.3) is 0 Å². The average molecular weight is 398 g/mol. The van der Waals surface area contributed by atoms with Gasteiger partial charge in [0.25, 0.3) is 5.91 Å². The Morgan fingerprint density at radius 3 is 2.07 bits per heavy atom. The van der Waals surface area contributed by atoms with Crippen LogP contribution in [-0.2, 0) is 16.1 Å². The summed E-state index contributed by atoms with van der Waals surface area (Å²) in [6, 6.07) is 13.8. The highest BCUT2D eigenvalue weighted by Crippen LogP contribution is 2.20. The molecule has 29 heavy (non-hydrogen) atoms. The van der Waals surface area contributed by atoms with Gasteiger partial charge in [-0.25, -0.2) is 4.79 Å². The molecule has 2 aromatic rings. The van der Waals surface area contributed by atoms with Crippen molar-refractivity contribution in [3.8, 4) is 5.75 Å². The molecule has 0 aromatic heterocycles. The third-order valence-electron chi connectivity index (χ3n) is 4.38. The van der Waals surface area contributed by atoms with E-state index in [4.69, 9.17) is 9.84 Å². The van der Waals surface area contributed by atoms with Gasteiger partial charge in [-0.05, 0) is 42.0 Å². The number of rotatable bonds is 8. The average Bonchev–Trinajstić information content (AvgIpc) is 2.71. The predicted molar refractivity (Wildman–Crippen MR) is 110 cm³/mol. The highest BCUT2D eigenvalue weighted by molar-refractivity contribution is 6.05. The Labute approximate surface area is 170 Å². The van der Waals surface area contributed by atoms with Crippen LogP contribution < -0.4 is 9.64 Å². The fourth-order valence-electron chi connectivity index (χ4n) is 2.77. The van der Waals surface area contributed by atoms with E-state index >= 15 is 0 Å². The zero-order valence-corrected chi connectivity index (χ0v) is 17.1. The van der Waals surface area contributed by atoms with E-state index in [0.717, 1.165) is 5.56 Å². The fraction of sp³-hybridized carbons (Fsp3) is 0.318. The number of carboxylic acid groups (broad SMARTS) is 1. The molecule has 0 aliphatic heterocycles. The summed E-state index contributed by atoms with van der Waals surface area (Å²) in [5.74, 6) is -0.801. The Hall–Kier alpha value is -3.35. The van der Waals surface area contributed by atoms with Crippen molar-refractivity contribution in [2.24, 2.45) is 5.92 Å². The predicted octanol–water partition coefficient (Wildman–Crippen LogP) is 3.04. The van der Waals surface area contributed by atoms with Crippen LogP contribution in [0.1, 0.15) is 29.8 Å². The highest BCUT2D eigenvalue weighted by atomic mass is 16.5. The molecule has 0 spiro atoms. The van der Waals surface area contributed by atoms with Crippen LogP contribution in [0.15, 0.2) is 48.5 Å². The van der Waals surface area contributed by atoms with E-state index in [1.807, 2.05) is 26.0 Å². The zero-order valence-electron chi connectivity index (χ0n) is 17.1. The minimum absolute atomic E-state index is 0.0598. The Bertz CT molecular complexity index is 860. The van der Waals surface area contributed by atoms with Gasteiger partial charge in [0.1, 0.15) is 5.75 Å². The summed E-state index contributed by atoms with van der Waals surface area (Å²) in [4.78, 5) is 38.4. The second-order valence-electron chi connectivity index (χ2n) is 7.09. The largest absolute Gasteiger partial charge is 0.482 e. The van der Waals surface area contributed by atoms with Crippen molar-refractivity contribution in [3.63, 3.8) is 0 Å². The van der Waals surface area contributed by atoms with Crippen LogP contribution in [-0.4, -0.2) is 48.5 Å². The summed E-state index contributed by atoms with van der Waals surface area (Å²) in [6.07, 6.45) is 0. The van der Waals surface area contributed by atoms with E-state index in [0.29, 0.717) is 23.5 Å². The van der Waals surface area contributed by atoms with Crippen molar-refractivity contribution < 1.29 is 24.2 Å². The van der Waals surface area contributed by atoms with Crippen LogP contribution >= 0.6 is 0 Å². The summed E-state index contributed by atoms with van der Waals surface area (Å²) in [7, 11) is 3.43. The molecule has 0 saturated carbocycles. The van der Waals surface area contributed by atoms with Crippen molar-refractivity contribution in [2.45, 2.75) is 20.4 Å². The molecular formula is C22H26N2O5. The summed E-state index contributed by atoms with van der Waals surface area (Å²) < 4.78 is 5.09. The second-order valence-corrected chi connectivity index (χ2v) is 7.09. The van der Waals surface area contributed by atoms with Gasteiger partial charge in [-0.3, -0.25) is 9.59 Å². The van der Waals surface area contributed by atoms with Crippen molar-refractivity contribution in [2.75, 3.05) is 25.6 Å². The Kier molecular flexibility index (Phi) is 7.36. The molecular weight excluding hydrogens is 372 g/mol. The Morgan fingerprint density at radius 1 is 0.966 bits per heavy atom. The number of aliphatic carboxylic acids is 1. The van der Waals surface area contributed by atoms with E-state index in [9.17, 15) is 14.4 Å². The molecule has 0 heterocycles. The van der Waals surface area contributed by atoms with Gasteiger partial charge in [0.05, 0.1) is 0 Å². The van der Waals surface area contributed by atoms with Gasteiger partial charge in [-0.1, -0.05) is 26.0 Å². The monoisotopic (exact) mass is 398 g/mol. The molecule has 0 aliphatic rings. The lowest BCUT2D eigenvalue weighted by atomic mass is 10.1. The molecule has 2 amide bonds. The number of benzene rings is 2. The quantitative estimate of drug-likeness (QED) is 0.739. The zero-order chi connectivity index (χ0) is 21.6. The number of amides is 2. The maximum absolute atomic E-state index is 12.7. The van der Waals surface area contributed by atoms with Gasteiger partial charge < -0.3 is 19.6 Å². The first kappa shape index (κ1) is 21.9. The topological polar surface area (TPSA) is 87.2 Å². The van der Waals surface area contributed by atoms with Crippen molar-refractivity contribution in [1.82, 2.24) is 4.90 Å². The molecule has 0 unspecified atom stereocenters. The third-order valence-corrected chi connectivity index (χ3v) is 4.38. The van der Waals surface area contributed by atoms with Crippen LogP contribution in [0.5, 0.6) is 5.75 Å². The van der Waals surface area contributed by atoms with Crippen LogP contribution in [0.2, 0.25) is 0 Å². The van der Waals surface area contributed by atoms with E-state index in [1.54, 1.807) is 55.4 Å². The molecule has 0 bridgehead atoms. The summed E-state index contributed by atoms with van der Waals surface area (Å²) in [5.41, 5.74) is 2.13. The molecule has 1 N–H and O–H groups in total. The number of carbonyl (C=O) groups excluding carboxylic acids is 2. The number of nitrogens with zero attached hydrogens (tertiary/aromatic N) is 2. The van der Waals surface area contributed by atoms with Crippen molar-refractivity contribution >= 4 is 23.5 Å². The number of hydrogen-bond donors (Lipinski definition) is 1. The first-order valence-corrected chi connectivity index (χ1v) is 9.25. The number of ether oxygens (including phenoxy) is 1. The van der Waals surface area contributed by atoms with Crippen LogP contribution in [0.4, 0.5) is 5.69 Å². The van der Waals surface area contributed by atoms with Gasteiger partial charge in [0.15, 0.2) is 6.61 Å². The molecule has 0 aliphatic carbocycles. The molecule has 0 fully saturated rings. The van der Waals surface area contributed by atoms with Gasteiger partial charge in [-0.2, -0.15) is 0 Å². The highest BCUT2D eigenvalue weighted by Gasteiger charge is 2.16. The lowest BCUT2D eigenvalue weighted by molar-refractivity contribution is -0.139. The van der Waals surface area contributed by atoms with Gasteiger partial charge in [-0.15, -0.1) is 0 Å². The Morgan fingerprint density at radius 2 is 1.55 bits per heavy atom. The minimum atomic E-state index is -1.05. The first-order valence-electron chi connectivity index (χ1n) is 9.25. The lowest BCUT2D eigenvalue weighted by Gasteiger charge is -2.20. The van der Waals surface area contributed by atoms with E-state index < -0.39 is 12.6 Å².